The maximum Gasteiger partial charge on any atom is 0.341 e. The first-order valence-corrected chi connectivity index (χ1v) is 10.2. The van der Waals surface area contributed by atoms with Crippen LogP contribution in [-0.2, 0) is 24.1 Å². The number of thiophene rings is 1. The number of carbonyl (C=O) groups excluding carboxylic acids is 2. The average molecular weight is 422 g/mol. The summed E-state index contributed by atoms with van der Waals surface area (Å²) in [5, 5.41) is 11.1. The second-order valence-corrected chi connectivity index (χ2v) is 8.25. The van der Waals surface area contributed by atoms with Crippen molar-refractivity contribution in [2.45, 2.75) is 39.7 Å². The molecule has 1 amide bonds. The molecule has 0 radical (unpaired) electrons. The summed E-state index contributed by atoms with van der Waals surface area (Å²) in [6.45, 7) is 4.69. The first-order chi connectivity index (χ1) is 13.3. The molecule has 10 heteroatoms. The van der Waals surface area contributed by atoms with Crippen LogP contribution in [0.5, 0.6) is 0 Å². The van der Waals surface area contributed by atoms with E-state index in [1.165, 1.54) is 23.3 Å². The Balaban J connectivity index is 1.86. The van der Waals surface area contributed by atoms with E-state index in [0.29, 0.717) is 28.7 Å². The zero-order valence-corrected chi connectivity index (χ0v) is 17.6. The lowest BCUT2D eigenvalue weighted by molar-refractivity contribution is 0.0600. The number of rotatable bonds is 5. The standard InChI is InChI=1S/C18H23N5O3S2/c1-4-23-8-11(14(22-23)15(19)24)20-18(27)21-16-13(17(25)26-3)10-6-5-9(2)7-12(10)28-16/h8-9H,4-7H2,1-3H3,(H2,19,24)(H2,20,21,27). The van der Waals surface area contributed by atoms with E-state index >= 15 is 0 Å². The topological polar surface area (TPSA) is 111 Å². The molecule has 0 aliphatic heterocycles. The summed E-state index contributed by atoms with van der Waals surface area (Å²) >= 11 is 6.92. The van der Waals surface area contributed by atoms with E-state index < -0.39 is 5.91 Å². The molecule has 2 aromatic rings. The summed E-state index contributed by atoms with van der Waals surface area (Å²) in [5.41, 5.74) is 7.50. The second-order valence-electron chi connectivity index (χ2n) is 6.74. The predicted octanol–water partition coefficient (Wildman–Crippen LogP) is 2.78. The summed E-state index contributed by atoms with van der Waals surface area (Å²) in [4.78, 5) is 25.2. The fourth-order valence-electron chi connectivity index (χ4n) is 3.27. The monoisotopic (exact) mass is 421 g/mol. The molecule has 28 heavy (non-hydrogen) atoms. The molecule has 0 aromatic carbocycles. The number of esters is 1. The molecular formula is C18H23N5O3S2. The number of aromatic nitrogens is 2. The molecule has 1 aliphatic carbocycles. The summed E-state index contributed by atoms with van der Waals surface area (Å²) in [6.07, 6.45) is 4.47. The first kappa shape index (κ1) is 20.3. The van der Waals surface area contributed by atoms with Gasteiger partial charge in [-0.15, -0.1) is 11.3 Å². The van der Waals surface area contributed by atoms with Crippen LogP contribution in [0.3, 0.4) is 0 Å². The van der Waals surface area contributed by atoms with Gasteiger partial charge in [0.15, 0.2) is 10.8 Å². The van der Waals surface area contributed by atoms with Gasteiger partial charge in [-0.25, -0.2) is 4.79 Å². The number of methoxy groups -OCH3 is 1. The largest absolute Gasteiger partial charge is 0.465 e. The van der Waals surface area contributed by atoms with Gasteiger partial charge in [-0.1, -0.05) is 6.92 Å². The molecule has 2 heterocycles. The molecule has 2 aromatic heterocycles. The van der Waals surface area contributed by atoms with Gasteiger partial charge < -0.3 is 21.1 Å². The molecule has 1 aliphatic rings. The average Bonchev–Trinajstić information content (AvgIpc) is 3.21. The van der Waals surface area contributed by atoms with Crippen molar-refractivity contribution in [3.8, 4) is 0 Å². The molecule has 3 rings (SSSR count). The fourth-order valence-corrected chi connectivity index (χ4v) is 4.95. The number of ether oxygens (including phenoxy) is 1. The molecule has 4 N–H and O–H groups in total. The van der Waals surface area contributed by atoms with Gasteiger partial charge in [0.1, 0.15) is 5.00 Å². The summed E-state index contributed by atoms with van der Waals surface area (Å²) in [6, 6.07) is 0. The van der Waals surface area contributed by atoms with E-state index in [-0.39, 0.29) is 16.8 Å². The summed E-state index contributed by atoms with van der Waals surface area (Å²) in [5.74, 6) is -0.449. The number of anilines is 2. The number of thiocarbonyl (C=S) groups is 1. The lowest BCUT2D eigenvalue weighted by Gasteiger charge is -2.18. The van der Waals surface area contributed by atoms with Crippen LogP contribution in [0.25, 0.3) is 0 Å². The zero-order chi connectivity index (χ0) is 20.4. The quantitative estimate of drug-likeness (QED) is 0.503. The van der Waals surface area contributed by atoms with Gasteiger partial charge in [-0.05, 0) is 49.9 Å². The molecule has 0 spiro atoms. The number of nitrogens with one attached hydrogen (secondary N) is 2. The third-order valence-electron chi connectivity index (χ3n) is 4.70. The number of nitrogens with two attached hydrogens (primary N) is 1. The number of fused-ring (bicyclic) bond motifs is 1. The SMILES string of the molecule is CCn1cc(NC(=S)Nc2sc3c(c2C(=O)OC)CCC(C)C3)c(C(N)=O)n1. The third-order valence-corrected chi connectivity index (χ3v) is 6.07. The van der Waals surface area contributed by atoms with Gasteiger partial charge in [0.25, 0.3) is 5.91 Å². The van der Waals surface area contributed by atoms with Gasteiger partial charge in [0, 0.05) is 17.6 Å². The van der Waals surface area contributed by atoms with Crippen molar-refractivity contribution in [2.75, 3.05) is 17.7 Å². The molecule has 1 atom stereocenters. The van der Waals surface area contributed by atoms with Crippen LogP contribution in [0.4, 0.5) is 10.7 Å². The molecule has 150 valence electrons. The van der Waals surface area contributed by atoms with Gasteiger partial charge >= 0.3 is 5.97 Å². The van der Waals surface area contributed by atoms with Gasteiger partial charge in [-0.2, -0.15) is 5.10 Å². The minimum Gasteiger partial charge on any atom is -0.465 e. The number of hydrogen-bond acceptors (Lipinski definition) is 6. The van der Waals surface area contributed by atoms with Crippen LogP contribution in [0, 0.1) is 5.92 Å². The Morgan fingerprint density at radius 2 is 2.21 bits per heavy atom. The maximum atomic E-state index is 12.4. The number of aryl methyl sites for hydroxylation is 1. The van der Waals surface area contributed by atoms with Crippen LogP contribution in [0.15, 0.2) is 6.20 Å². The van der Waals surface area contributed by atoms with Crippen molar-refractivity contribution in [1.82, 2.24) is 9.78 Å². The lowest BCUT2D eigenvalue weighted by Crippen LogP contribution is -2.22. The van der Waals surface area contributed by atoms with E-state index in [1.54, 1.807) is 10.9 Å². The number of hydrogen-bond donors (Lipinski definition) is 3. The number of primary amides is 1. The van der Waals surface area contributed by atoms with Crippen molar-refractivity contribution in [1.29, 1.82) is 0 Å². The predicted molar refractivity (Wildman–Crippen MR) is 113 cm³/mol. The highest BCUT2D eigenvalue weighted by Gasteiger charge is 2.28. The Morgan fingerprint density at radius 3 is 2.86 bits per heavy atom. The molecule has 0 bridgehead atoms. The summed E-state index contributed by atoms with van der Waals surface area (Å²) in [7, 11) is 1.37. The van der Waals surface area contributed by atoms with Crippen LogP contribution in [0.1, 0.15) is 51.6 Å². The maximum absolute atomic E-state index is 12.4. The molecule has 0 saturated carbocycles. The highest BCUT2D eigenvalue weighted by Crippen LogP contribution is 2.40. The lowest BCUT2D eigenvalue weighted by atomic mass is 9.88. The molecule has 1 unspecified atom stereocenters. The van der Waals surface area contributed by atoms with Gasteiger partial charge in [-0.3, -0.25) is 9.48 Å². The minimum atomic E-state index is -0.645. The zero-order valence-electron chi connectivity index (χ0n) is 16.0. The molecular weight excluding hydrogens is 398 g/mol. The van der Waals surface area contributed by atoms with Crippen molar-refractivity contribution >= 4 is 51.2 Å². The molecule has 0 fully saturated rings. The van der Waals surface area contributed by atoms with Crippen LogP contribution < -0.4 is 16.4 Å². The molecule has 0 saturated heterocycles. The Hall–Kier alpha value is -2.46. The van der Waals surface area contributed by atoms with E-state index in [4.69, 9.17) is 22.7 Å². The first-order valence-electron chi connectivity index (χ1n) is 9.02. The number of carbonyl (C=O) groups is 2. The van der Waals surface area contributed by atoms with Gasteiger partial charge in [0.2, 0.25) is 0 Å². The fraction of sp³-hybridized carbons (Fsp3) is 0.444. The Bertz CT molecular complexity index is 934. The van der Waals surface area contributed by atoms with Crippen molar-refractivity contribution in [3.63, 3.8) is 0 Å². The Morgan fingerprint density at radius 1 is 1.46 bits per heavy atom. The van der Waals surface area contributed by atoms with Crippen LogP contribution >= 0.6 is 23.6 Å². The third kappa shape index (κ3) is 4.02. The van der Waals surface area contributed by atoms with Crippen molar-refractivity contribution in [2.24, 2.45) is 11.7 Å². The normalized spacial score (nSPS) is 15.6. The van der Waals surface area contributed by atoms with Crippen LogP contribution in [-0.4, -0.2) is 33.9 Å². The summed E-state index contributed by atoms with van der Waals surface area (Å²) < 4.78 is 6.58. The van der Waals surface area contributed by atoms with E-state index in [2.05, 4.69) is 22.7 Å². The van der Waals surface area contributed by atoms with Gasteiger partial charge in [0.05, 0.1) is 18.4 Å². The Labute approximate surface area is 172 Å². The van der Waals surface area contributed by atoms with E-state index in [9.17, 15) is 9.59 Å². The van der Waals surface area contributed by atoms with Crippen LogP contribution in [0.2, 0.25) is 0 Å². The minimum absolute atomic E-state index is 0.110. The van der Waals surface area contributed by atoms with Crippen molar-refractivity contribution < 1.29 is 14.3 Å². The van der Waals surface area contributed by atoms with E-state index in [1.807, 2.05) is 6.92 Å². The smallest absolute Gasteiger partial charge is 0.341 e. The van der Waals surface area contributed by atoms with Crippen molar-refractivity contribution in [3.05, 3.63) is 27.9 Å². The Kier molecular flexibility index (Phi) is 5.99. The highest BCUT2D eigenvalue weighted by molar-refractivity contribution is 7.80. The number of amides is 1. The number of nitrogens with zero attached hydrogens (tertiary/aromatic N) is 2. The molecule has 8 nitrogen and oxygen atoms in total. The second kappa shape index (κ2) is 8.27. The highest BCUT2D eigenvalue weighted by atomic mass is 32.1. The van der Waals surface area contributed by atoms with E-state index in [0.717, 1.165) is 24.8 Å².